The average Bonchev–Trinajstić information content (AvgIpc) is 1.45. The first kappa shape index (κ1) is 67.3. The van der Waals surface area contributed by atoms with E-state index in [1.165, 1.54) is 61.2 Å². The predicted octanol–water partition coefficient (Wildman–Crippen LogP) is 6.41. The van der Waals surface area contributed by atoms with Crippen molar-refractivity contribution < 1.29 is 78.1 Å². The van der Waals surface area contributed by atoms with Gasteiger partial charge >= 0.3 is 12.7 Å². The lowest BCUT2D eigenvalue weighted by Crippen LogP contribution is -2.29. The number of hydrogen-bond donors (Lipinski definition) is 6. The number of alkyl halides is 6. The molecular weight excluding hydrogens is 1230 g/mol. The Kier molecular flexibility index (Phi) is 25.4. The van der Waals surface area contributed by atoms with Crippen LogP contribution in [0, 0.1) is 0 Å². The fourth-order valence-electron chi connectivity index (χ4n) is 8.37. The molecule has 29 heteroatoms. The van der Waals surface area contributed by atoms with Crippen LogP contribution in [0.15, 0.2) is 170 Å². The van der Waals surface area contributed by atoms with Gasteiger partial charge in [-0.3, -0.25) is 19.2 Å². The second-order valence-corrected chi connectivity index (χ2v) is 23.3. The van der Waals surface area contributed by atoms with Crippen molar-refractivity contribution in [3.05, 3.63) is 193 Å². The van der Waals surface area contributed by atoms with Gasteiger partial charge in [-0.2, -0.15) is 0 Å². The van der Waals surface area contributed by atoms with Crippen molar-refractivity contribution in [1.29, 1.82) is 0 Å². The molecule has 0 unspecified atom stereocenters. The summed E-state index contributed by atoms with van der Waals surface area (Å²) in [6, 6.07) is 42.0. The quantitative estimate of drug-likeness (QED) is 0.0145. The van der Waals surface area contributed by atoms with Crippen molar-refractivity contribution in [1.82, 2.24) is 41.2 Å². The molecule has 0 radical (unpaired) electrons. The van der Waals surface area contributed by atoms with E-state index in [-0.39, 0.29) is 101 Å². The normalized spacial score (nSPS) is 11.6. The summed E-state index contributed by atoms with van der Waals surface area (Å²) in [6.45, 7) is 3.26. The number of anilines is 4. The number of halogens is 6. The molecule has 8 rings (SSSR count). The fraction of sp³-hybridized carbons (Fsp3) is 0.226. The number of nitrogens with one attached hydrogen (secondary N) is 6. The van der Waals surface area contributed by atoms with E-state index >= 15 is 0 Å². The van der Waals surface area contributed by atoms with Gasteiger partial charge in [0.05, 0.1) is 64.2 Å². The van der Waals surface area contributed by atoms with Crippen molar-refractivity contribution in [3.63, 3.8) is 0 Å². The monoisotopic (exact) mass is 1290 g/mol. The zero-order chi connectivity index (χ0) is 64.3. The van der Waals surface area contributed by atoms with Crippen LogP contribution in [0.25, 0.3) is 22.5 Å². The van der Waals surface area contributed by atoms with E-state index in [4.69, 9.17) is 23.1 Å². The number of nitrogens with zero attached hydrogens (tertiary/aromatic N) is 4. The fourth-order valence-corrected chi connectivity index (χ4v) is 11.5. The molecule has 2 heterocycles. The van der Waals surface area contributed by atoms with Gasteiger partial charge in [-0.1, -0.05) is 48.5 Å². The Morgan fingerprint density at radius 3 is 1.07 bits per heavy atom. The highest BCUT2D eigenvalue weighted by Gasteiger charge is 2.32. The molecule has 0 saturated heterocycles. The number of rotatable bonds is 34. The number of benzene rings is 6. The number of carbonyl (C=O) groups is 4. The van der Waals surface area contributed by atoms with Crippen molar-refractivity contribution in [2.45, 2.75) is 12.7 Å². The van der Waals surface area contributed by atoms with Gasteiger partial charge in [0.2, 0.25) is 0 Å². The first-order valence-electron chi connectivity index (χ1n) is 28.3. The van der Waals surface area contributed by atoms with Gasteiger partial charge in [0.15, 0.2) is 19.5 Å². The molecule has 0 fully saturated rings. The zero-order valence-electron chi connectivity index (χ0n) is 48.6. The van der Waals surface area contributed by atoms with Crippen LogP contribution in [0.4, 0.5) is 49.4 Å². The third-order valence-electron chi connectivity index (χ3n) is 12.7. The molecule has 4 amide bonds. The van der Waals surface area contributed by atoms with E-state index in [0.29, 0.717) is 80.9 Å². The molecule has 2 aromatic heterocycles. The lowest BCUT2D eigenvalue weighted by atomic mass is 10.1. The van der Waals surface area contributed by atoms with Crippen LogP contribution in [-0.2, 0) is 23.1 Å². The van der Waals surface area contributed by atoms with E-state index in [0.717, 1.165) is 10.4 Å². The topological polar surface area (TPSA) is 257 Å². The van der Waals surface area contributed by atoms with Crippen LogP contribution in [-0.4, -0.2) is 155 Å². The van der Waals surface area contributed by atoms with Crippen molar-refractivity contribution >= 4 is 76.5 Å². The number of ether oxygens (including phenoxy) is 6. The molecule has 21 nitrogen and oxygen atoms in total. The van der Waals surface area contributed by atoms with E-state index in [1.807, 2.05) is 24.3 Å². The molecule has 8 aromatic rings. The molecule has 0 aliphatic rings. The SMILES string of the molecule is O=C(NCCOCCOCCNC(=O)c1cccc(-c2cc(Nc3ccc(OC(F)(F)F)cc3)ncn2)c1)c1ccc([SiH2]O[SiH2]c2ccc(C(=O)NCCOCCOCCNC(=O)c3cccc(-c4cc(Nc5ccc(OC(F)(F)F)cc5)ncn4)c3)cc2)cc1. The predicted molar refractivity (Wildman–Crippen MR) is 331 cm³/mol. The summed E-state index contributed by atoms with van der Waals surface area (Å²) >= 11 is 0. The Hall–Kier alpha value is -9.63. The summed E-state index contributed by atoms with van der Waals surface area (Å²) in [6.07, 6.45) is -6.93. The number of aromatic nitrogens is 4. The van der Waals surface area contributed by atoms with Gasteiger partial charge < -0.3 is 64.4 Å². The van der Waals surface area contributed by atoms with Gasteiger partial charge in [0.25, 0.3) is 23.6 Å². The van der Waals surface area contributed by atoms with Crippen molar-refractivity contribution in [2.75, 3.05) is 89.7 Å². The standard InChI is InChI=1S/C62H62F6N10O11Si2/c63-61(64,65)87-49-15-11-47(12-16-49)77-55-37-53(73-39-75-55)43-3-1-5-45(35-43)59(81)71-25-29-85-33-31-83-27-23-69-57(79)41-7-19-51(20-8-41)90-89-91-52-21-9-42(10-22-52)58(80)70-24-28-84-32-34-86-30-26-72-60(82)46-6-2-4-44(36-46)54-38-56(76-40-74-54)78-48-13-17-50(18-14-48)88-62(66,67)68/h1-22,35-40H,23-34,90-91H2,(H,69,79)(H,70,80)(H,71,81)(H,72,82)(H,73,75,77)(H,74,76,78). The zero-order valence-corrected chi connectivity index (χ0v) is 51.4. The van der Waals surface area contributed by atoms with E-state index in [2.05, 4.69) is 61.3 Å². The lowest BCUT2D eigenvalue weighted by molar-refractivity contribution is -0.275. The molecule has 0 bridgehead atoms. The maximum atomic E-state index is 12.9. The largest absolute Gasteiger partial charge is 0.573 e. The first-order valence-corrected chi connectivity index (χ1v) is 30.9. The highest BCUT2D eigenvalue weighted by atomic mass is 28.3. The van der Waals surface area contributed by atoms with Gasteiger partial charge in [0, 0.05) is 83.1 Å². The summed E-state index contributed by atoms with van der Waals surface area (Å²) < 4.78 is 111. The minimum Gasteiger partial charge on any atom is -0.458 e. The third kappa shape index (κ3) is 23.7. The van der Waals surface area contributed by atoms with E-state index in [1.54, 1.807) is 84.9 Å². The maximum absolute atomic E-state index is 12.9. The van der Waals surface area contributed by atoms with E-state index < -0.39 is 32.3 Å². The molecule has 91 heavy (non-hydrogen) atoms. The average molecular weight is 1290 g/mol. The van der Waals surface area contributed by atoms with Gasteiger partial charge in [-0.15, -0.1) is 26.3 Å². The number of carbonyl (C=O) groups excluding carboxylic acids is 4. The van der Waals surface area contributed by atoms with Crippen LogP contribution < -0.4 is 51.7 Å². The van der Waals surface area contributed by atoms with Crippen molar-refractivity contribution in [2.24, 2.45) is 0 Å². The molecule has 6 N–H and O–H groups in total. The van der Waals surface area contributed by atoms with Crippen molar-refractivity contribution in [3.8, 4) is 34.0 Å². The second kappa shape index (κ2) is 34.4. The molecule has 6 aromatic carbocycles. The van der Waals surface area contributed by atoms with Gasteiger partial charge in [0.1, 0.15) is 35.8 Å². The maximum Gasteiger partial charge on any atom is 0.573 e. The minimum absolute atomic E-state index is 0.233. The van der Waals surface area contributed by atoms with Crippen LogP contribution in [0.3, 0.4) is 0 Å². The van der Waals surface area contributed by atoms with Crippen LogP contribution in [0.2, 0.25) is 0 Å². The smallest absolute Gasteiger partial charge is 0.458 e. The third-order valence-corrected chi connectivity index (χ3v) is 16.0. The highest BCUT2D eigenvalue weighted by molar-refractivity contribution is 6.60. The summed E-state index contributed by atoms with van der Waals surface area (Å²) in [7, 11) is -2.09. The number of hydrogen-bond acceptors (Lipinski definition) is 17. The summed E-state index contributed by atoms with van der Waals surface area (Å²) in [4.78, 5) is 68.2. The molecule has 0 atom stereocenters. The van der Waals surface area contributed by atoms with E-state index in [9.17, 15) is 45.5 Å². The minimum atomic E-state index is -4.79. The van der Waals surface area contributed by atoms with Crippen LogP contribution in [0.1, 0.15) is 41.4 Å². The van der Waals surface area contributed by atoms with Crippen LogP contribution in [0.5, 0.6) is 11.5 Å². The lowest BCUT2D eigenvalue weighted by Gasteiger charge is -2.11. The summed E-state index contributed by atoms with van der Waals surface area (Å²) in [5, 5.41) is 19.4. The Morgan fingerprint density at radius 2 is 0.725 bits per heavy atom. The van der Waals surface area contributed by atoms with Gasteiger partial charge in [-0.05, 0) is 107 Å². The molecule has 0 saturated carbocycles. The highest BCUT2D eigenvalue weighted by Crippen LogP contribution is 2.29. The van der Waals surface area contributed by atoms with Crippen LogP contribution >= 0.6 is 0 Å². The molecule has 0 spiro atoms. The Labute approximate surface area is 522 Å². The molecular formula is C62H62F6N10O11Si2. The Morgan fingerprint density at radius 1 is 0.385 bits per heavy atom. The molecule has 0 aliphatic carbocycles. The first-order chi connectivity index (χ1) is 44.0. The Balaban J connectivity index is 0.606. The second-order valence-electron chi connectivity index (χ2n) is 19.5. The molecule has 476 valence electrons. The summed E-state index contributed by atoms with van der Waals surface area (Å²) in [5.74, 6) is -1.03. The molecule has 0 aliphatic heterocycles. The van der Waals surface area contributed by atoms with Gasteiger partial charge in [-0.25, -0.2) is 19.9 Å². The Bertz CT molecular complexity index is 3400. The number of amides is 4. The summed E-state index contributed by atoms with van der Waals surface area (Å²) in [5.41, 5.74) is 5.08.